The summed E-state index contributed by atoms with van der Waals surface area (Å²) in [5.41, 5.74) is 1.46. The van der Waals surface area contributed by atoms with Crippen LogP contribution in [0.1, 0.15) is 17.2 Å². The minimum atomic E-state index is -3.29. The Morgan fingerprint density at radius 3 is 2.08 bits per heavy atom. The standard InChI is InChI=1S/C17H20FNO3S.CH4O/c1-23(21,22)15-9-7-14(8-10-15)17(20)16(11-18)19-12-13-5-3-2-4-6-13;1-2/h2-10,16-17,19-20H,11-12H2,1H3;2H,1H3. The maximum atomic E-state index is 13.2. The van der Waals surface area contributed by atoms with Gasteiger partial charge in [0.05, 0.1) is 17.0 Å². The van der Waals surface area contributed by atoms with Gasteiger partial charge in [-0.25, -0.2) is 12.8 Å². The van der Waals surface area contributed by atoms with Crippen LogP contribution in [0.3, 0.4) is 0 Å². The Kier molecular flexibility index (Phi) is 8.71. The molecule has 2 aromatic rings. The molecule has 25 heavy (non-hydrogen) atoms. The van der Waals surface area contributed by atoms with Crippen LogP contribution in [0, 0.1) is 0 Å². The number of alkyl halides is 1. The van der Waals surface area contributed by atoms with Crippen LogP contribution in [0.2, 0.25) is 0 Å². The van der Waals surface area contributed by atoms with Crippen LogP contribution in [-0.4, -0.2) is 44.7 Å². The lowest BCUT2D eigenvalue weighted by Gasteiger charge is -2.22. The summed E-state index contributed by atoms with van der Waals surface area (Å²) in [7, 11) is -2.29. The van der Waals surface area contributed by atoms with Gasteiger partial charge in [-0.2, -0.15) is 0 Å². The Morgan fingerprint density at radius 2 is 1.60 bits per heavy atom. The van der Waals surface area contributed by atoms with Gasteiger partial charge in [-0.05, 0) is 23.3 Å². The molecule has 138 valence electrons. The van der Waals surface area contributed by atoms with E-state index in [-0.39, 0.29) is 4.90 Å². The Labute approximate surface area is 148 Å². The van der Waals surface area contributed by atoms with Gasteiger partial charge in [0, 0.05) is 19.9 Å². The molecule has 3 N–H and O–H groups in total. The van der Waals surface area contributed by atoms with Crippen LogP contribution in [0.5, 0.6) is 0 Å². The Balaban J connectivity index is 0.00000151. The average molecular weight is 369 g/mol. The molecular weight excluding hydrogens is 345 g/mol. The summed E-state index contributed by atoms with van der Waals surface area (Å²) in [6, 6.07) is 14.6. The van der Waals surface area contributed by atoms with Crippen molar-refractivity contribution in [1.29, 1.82) is 0 Å². The van der Waals surface area contributed by atoms with E-state index in [2.05, 4.69) is 5.32 Å². The maximum absolute atomic E-state index is 13.2. The number of hydrogen-bond acceptors (Lipinski definition) is 5. The summed E-state index contributed by atoms with van der Waals surface area (Å²) in [4.78, 5) is 0.169. The summed E-state index contributed by atoms with van der Waals surface area (Å²) in [5.74, 6) is 0. The van der Waals surface area contributed by atoms with Crippen molar-refractivity contribution < 1.29 is 23.0 Å². The molecule has 0 spiro atoms. The van der Waals surface area contributed by atoms with E-state index in [1.54, 1.807) is 0 Å². The first-order chi connectivity index (χ1) is 11.9. The highest BCUT2D eigenvalue weighted by Gasteiger charge is 2.21. The third kappa shape index (κ3) is 6.55. The fourth-order valence-electron chi connectivity index (χ4n) is 2.24. The number of sulfone groups is 1. The molecule has 2 unspecified atom stereocenters. The summed E-state index contributed by atoms with van der Waals surface area (Å²) < 4.78 is 36.1. The normalized spacial score (nSPS) is 13.5. The van der Waals surface area contributed by atoms with E-state index in [9.17, 15) is 17.9 Å². The maximum Gasteiger partial charge on any atom is 0.175 e. The van der Waals surface area contributed by atoms with E-state index in [4.69, 9.17) is 5.11 Å². The fourth-order valence-corrected chi connectivity index (χ4v) is 2.87. The zero-order valence-corrected chi connectivity index (χ0v) is 15.1. The summed E-state index contributed by atoms with van der Waals surface area (Å²) in [6.07, 6.45) is 0.0573. The zero-order chi connectivity index (χ0) is 18.9. The van der Waals surface area contributed by atoms with Gasteiger partial charge in [-0.3, -0.25) is 0 Å². The molecule has 0 bridgehead atoms. The molecule has 0 aliphatic rings. The van der Waals surface area contributed by atoms with Gasteiger partial charge in [0.1, 0.15) is 6.67 Å². The fraction of sp³-hybridized carbons (Fsp3) is 0.333. The molecule has 0 aromatic heterocycles. The smallest absolute Gasteiger partial charge is 0.175 e. The molecule has 0 saturated heterocycles. The Hall–Kier alpha value is -1.80. The van der Waals surface area contributed by atoms with E-state index in [0.717, 1.165) is 18.9 Å². The summed E-state index contributed by atoms with van der Waals surface area (Å²) >= 11 is 0. The van der Waals surface area contributed by atoms with E-state index in [1.807, 2.05) is 30.3 Å². The third-order valence-electron chi connectivity index (χ3n) is 3.61. The van der Waals surface area contributed by atoms with Gasteiger partial charge in [0.25, 0.3) is 0 Å². The van der Waals surface area contributed by atoms with E-state index < -0.39 is 28.7 Å². The van der Waals surface area contributed by atoms with Crippen molar-refractivity contribution in [2.24, 2.45) is 0 Å². The number of aliphatic hydroxyl groups is 2. The van der Waals surface area contributed by atoms with E-state index >= 15 is 0 Å². The predicted molar refractivity (Wildman–Crippen MR) is 95.7 cm³/mol. The SMILES string of the molecule is CO.CS(=O)(=O)c1ccc(C(O)C(CF)NCc2ccccc2)cc1. The van der Waals surface area contributed by atoms with Gasteiger partial charge >= 0.3 is 0 Å². The zero-order valence-electron chi connectivity index (χ0n) is 14.3. The monoisotopic (exact) mass is 369 g/mol. The molecule has 0 saturated carbocycles. The summed E-state index contributed by atoms with van der Waals surface area (Å²) in [5, 5.41) is 20.3. The highest BCUT2D eigenvalue weighted by atomic mass is 32.2. The molecule has 0 aliphatic heterocycles. The highest BCUT2D eigenvalue weighted by Crippen LogP contribution is 2.20. The predicted octanol–water partition coefficient (Wildman–Crippen LogP) is 1.86. The number of rotatable bonds is 7. The van der Waals surface area contributed by atoms with Crippen LogP contribution in [0.25, 0.3) is 0 Å². The molecule has 0 fully saturated rings. The molecule has 0 heterocycles. The quantitative estimate of drug-likeness (QED) is 0.694. The molecule has 2 aromatic carbocycles. The Bertz CT molecular complexity index is 721. The lowest BCUT2D eigenvalue weighted by molar-refractivity contribution is 0.112. The molecule has 5 nitrogen and oxygen atoms in total. The highest BCUT2D eigenvalue weighted by molar-refractivity contribution is 7.90. The first-order valence-corrected chi connectivity index (χ1v) is 9.57. The molecular formula is C18H24FNO4S. The molecule has 0 amide bonds. The molecule has 0 aliphatic carbocycles. The second-order valence-electron chi connectivity index (χ2n) is 5.41. The van der Waals surface area contributed by atoms with Gasteiger partial charge < -0.3 is 15.5 Å². The molecule has 0 radical (unpaired) electrons. The first kappa shape index (κ1) is 21.2. The van der Waals surface area contributed by atoms with Crippen molar-refractivity contribution in [3.05, 3.63) is 65.7 Å². The van der Waals surface area contributed by atoms with Crippen LogP contribution in [0.15, 0.2) is 59.5 Å². The second kappa shape index (κ2) is 10.2. The van der Waals surface area contributed by atoms with Crippen LogP contribution >= 0.6 is 0 Å². The van der Waals surface area contributed by atoms with Crippen molar-refractivity contribution >= 4 is 9.84 Å². The van der Waals surface area contributed by atoms with E-state index in [0.29, 0.717) is 12.1 Å². The molecule has 7 heteroatoms. The van der Waals surface area contributed by atoms with Crippen LogP contribution < -0.4 is 5.32 Å². The van der Waals surface area contributed by atoms with Crippen molar-refractivity contribution in [2.45, 2.75) is 23.6 Å². The largest absolute Gasteiger partial charge is 0.400 e. The molecule has 2 rings (SSSR count). The minimum absolute atomic E-state index is 0.169. The first-order valence-electron chi connectivity index (χ1n) is 7.68. The van der Waals surface area contributed by atoms with E-state index in [1.165, 1.54) is 24.3 Å². The Morgan fingerprint density at radius 1 is 1.04 bits per heavy atom. The second-order valence-corrected chi connectivity index (χ2v) is 7.43. The van der Waals surface area contributed by atoms with Gasteiger partial charge in [-0.15, -0.1) is 0 Å². The van der Waals surface area contributed by atoms with Gasteiger partial charge in [-0.1, -0.05) is 42.5 Å². The summed E-state index contributed by atoms with van der Waals surface area (Å²) in [6.45, 7) is -0.296. The topological polar surface area (TPSA) is 86.6 Å². The number of nitrogens with one attached hydrogen (secondary N) is 1. The van der Waals surface area contributed by atoms with Gasteiger partial charge in [0.2, 0.25) is 0 Å². The number of aliphatic hydroxyl groups excluding tert-OH is 2. The van der Waals surface area contributed by atoms with Crippen molar-refractivity contribution in [3.8, 4) is 0 Å². The van der Waals surface area contributed by atoms with Crippen LogP contribution in [0.4, 0.5) is 4.39 Å². The van der Waals surface area contributed by atoms with Crippen molar-refractivity contribution in [3.63, 3.8) is 0 Å². The third-order valence-corrected chi connectivity index (χ3v) is 4.74. The van der Waals surface area contributed by atoms with Gasteiger partial charge in [0.15, 0.2) is 9.84 Å². The van der Waals surface area contributed by atoms with Crippen molar-refractivity contribution in [1.82, 2.24) is 5.32 Å². The number of hydrogen-bond donors (Lipinski definition) is 3. The van der Waals surface area contributed by atoms with Crippen molar-refractivity contribution in [2.75, 3.05) is 20.0 Å². The lowest BCUT2D eigenvalue weighted by Crippen LogP contribution is -2.36. The molecule has 2 atom stereocenters. The number of halogens is 1. The average Bonchev–Trinajstić information content (AvgIpc) is 2.64. The lowest BCUT2D eigenvalue weighted by atomic mass is 10.0. The number of benzene rings is 2. The van der Waals surface area contributed by atoms with Crippen LogP contribution in [-0.2, 0) is 16.4 Å². The minimum Gasteiger partial charge on any atom is -0.400 e.